The van der Waals surface area contributed by atoms with E-state index in [0.29, 0.717) is 0 Å². The number of halogens is 1. The van der Waals surface area contributed by atoms with Gasteiger partial charge in [-0.25, -0.2) is 4.39 Å². The van der Waals surface area contributed by atoms with E-state index in [0.717, 1.165) is 0 Å². The maximum Gasteiger partial charge on any atom is 0.123 e. The molecular weight excluding hydrogens is 199 g/mol. The molecule has 0 unspecified atom stereocenters. The Morgan fingerprint density at radius 2 is 1.69 bits per heavy atom. The molecule has 1 aliphatic carbocycles. The van der Waals surface area contributed by atoms with Gasteiger partial charge in [0.1, 0.15) is 5.82 Å². The van der Waals surface area contributed by atoms with Crippen molar-refractivity contribution in [2.24, 2.45) is 0 Å². The molecule has 0 bridgehead atoms. The molecule has 2 rings (SSSR count). The van der Waals surface area contributed by atoms with E-state index in [2.05, 4.69) is 19.1 Å². The van der Waals surface area contributed by atoms with Crippen molar-refractivity contribution in [2.75, 3.05) is 0 Å². The molecule has 1 saturated carbocycles. The fraction of sp³-hybridized carbons (Fsp3) is 0.467. The van der Waals surface area contributed by atoms with Gasteiger partial charge in [-0.15, -0.1) is 0 Å². The zero-order chi connectivity index (χ0) is 11.4. The molecular formula is C15H19F. The van der Waals surface area contributed by atoms with Gasteiger partial charge in [0.15, 0.2) is 0 Å². The van der Waals surface area contributed by atoms with Crippen LogP contribution in [0, 0.1) is 5.82 Å². The van der Waals surface area contributed by atoms with Crippen LogP contribution in [0.15, 0.2) is 36.4 Å². The van der Waals surface area contributed by atoms with E-state index in [1.165, 1.54) is 37.7 Å². The SMILES string of the molecule is C/C=C/C1(c2ccc(F)cc2)CCCCC1. The fourth-order valence-corrected chi connectivity index (χ4v) is 2.84. The summed E-state index contributed by atoms with van der Waals surface area (Å²) in [5.74, 6) is -0.143. The highest BCUT2D eigenvalue weighted by Crippen LogP contribution is 2.40. The summed E-state index contributed by atoms with van der Waals surface area (Å²) in [7, 11) is 0. The van der Waals surface area contributed by atoms with Crippen molar-refractivity contribution in [3.8, 4) is 0 Å². The lowest BCUT2D eigenvalue weighted by Gasteiger charge is -2.35. The van der Waals surface area contributed by atoms with Crippen LogP contribution in [0.4, 0.5) is 4.39 Å². The molecule has 0 heterocycles. The molecule has 0 N–H and O–H groups in total. The maximum absolute atomic E-state index is 12.9. The molecule has 0 radical (unpaired) electrons. The highest BCUT2D eigenvalue weighted by atomic mass is 19.1. The van der Waals surface area contributed by atoms with E-state index in [1.807, 2.05) is 12.1 Å². The zero-order valence-electron chi connectivity index (χ0n) is 9.88. The largest absolute Gasteiger partial charge is 0.207 e. The van der Waals surface area contributed by atoms with Gasteiger partial charge in [0, 0.05) is 5.41 Å². The standard InChI is InChI=1S/C15H19F/c1-2-10-15(11-4-3-5-12-15)13-6-8-14(16)9-7-13/h2,6-10H,3-5,11-12H2,1H3/b10-2+. The predicted molar refractivity (Wildman–Crippen MR) is 66.0 cm³/mol. The third-order valence-electron chi connectivity index (χ3n) is 3.65. The Morgan fingerprint density at radius 1 is 1.06 bits per heavy atom. The fourth-order valence-electron chi connectivity index (χ4n) is 2.84. The van der Waals surface area contributed by atoms with Gasteiger partial charge in [-0.05, 0) is 37.5 Å². The molecule has 0 aliphatic heterocycles. The molecule has 16 heavy (non-hydrogen) atoms. The molecule has 0 atom stereocenters. The Labute approximate surface area is 97.2 Å². The third-order valence-corrected chi connectivity index (χ3v) is 3.65. The average Bonchev–Trinajstić information content (AvgIpc) is 2.31. The lowest BCUT2D eigenvalue weighted by Crippen LogP contribution is -2.26. The van der Waals surface area contributed by atoms with Gasteiger partial charge < -0.3 is 0 Å². The Hall–Kier alpha value is -1.11. The first-order chi connectivity index (χ1) is 7.77. The summed E-state index contributed by atoms with van der Waals surface area (Å²) < 4.78 is 12.9. The highest BCUT2D eigenvalue weighted by molar-refractivity contribution is 5.31. The molecule has 1 aromatic rings. The van der Waals surface area contributed by atoms with Crippen LogP contribution in [0.5, 0.6) is 0 Å². The van der Waals surface area contributed by atoms with Gasteiger partial charge in [-0.1, -0.05) is 43.5 Å². The lowest BCUT2D eigenvalue weighted by atomic mass is 9.69. The van der Waals surface area contributed by atoms with Gasteiger partial charge in [0.2, 0.25) is 0 Å². The molecule has 0 aromatic heterocycles. The molecule has 1 aliphatic rings. The van der Waals surface area contributed by atoms with Gasteiger partial charge >= 0.3 is 0 Å². The molecule has 1 fully saturated rings. The summed E-state index contributed by atoms with van der Waals surface area (Å²) in [4.78, 5) is 0. The minimum absolute atomic E-state index is 0.143. The van der Waals surface area contributed by atoms with Gasteiger partial charge in [-0.2, -0.15) is 0 Å². The molecule has 1 heteroatoms. The van der Waals surface area contributed by atoms with Gasteiger partial charge in [0.25, 0.3) is 0 Å². The van der Waals surface area contributed by atoms with Crippen molar-refractivity contribution in [3.05, 3.63) is 47.8 Å². The van der Waals surface area contributed by atoms with E-state index in [-0.39, 0.29) is 11.2 Å². The molecule has 1 aromatic carbocycles. The molecule has 0 amide bonds. The van der Waals surface area contributed by atoms with Gasteiger partial charge in [0.05, 0.1) is 0 Å². The molecule has 86 valence electrons. The number of hydrogen-bond donors (Lipinski definition) is 0. The van der Waals surface area contributed by atoms with Crippen LogP contribution in [0.2, 0.25) is 0 Å². The second-order valence-corrected chi connectivity index (χ2v) is 4.72. The summed E-state index contributed by atoms with van der Waals surface area (Å²) in [6.45, 7) is 2.07. The summed E-state index contributed by atoms with van der Waals surface area (Å²) in [5, 5.41) is 0. The van der Waals surface area contributed by atoms with Crippen molar-refractivity contribution in [3.63, 3.8) is 0 Å². The van der Waals surface area contributed by atoms with E-state index in [9.17, 15) is 4.39 Å². The molecule has 0 nitrogen and oxygen atoms in total. The quantitative estimate of drug-likeness (QED) is 0.636. The molecule has 0 spiro atoms. The second kappa shape index (κ2) is 4.82. The summed E-state index contributed by atoms with van der Waals surface area (Å²) in [6.07, 6.45) is 10.7. The van der Waals surface area contributed by atoms with Crippen LogP contribution in [-0.2, 0) is 5.41 Å². The number of benzene rings is 1. The van der Waals surface area contributed by atoms with Gasteiger partial charge in [-0.3, -0.25) is 0 Å². The number of allylic oxidation sites excluding steroid dienone is 2. The zero-order valence-corrected chi connectivity index (χ0v) is 9.88. The van der Waals surface area contributed by atoms with Crippen LogP contribution in [0.25, 0.3) is 0 Å². The first-order valence-corrected chi connectivity index (χ1v) is 6.17. The van der Waals surface area contributed by atoms with Crippen LogP contribution in [0.1, 0.15) is 44.6 Å². The van der Waals surface area contributed by atoms with E-state index < -0.39 is 0 Å². The van der Waals surface area contributed by atoms with Crippen LogP contribution in [-0.4, -0.2) is 0 Å². The number of rotatable bonds is 2. The van der Waals surface area contributed by atoms with Crippen molar-refractivity contribution in [1.29, 1.82) is 0 Å². The monoisotopic (exact) mass is 218 g/mol. The summed E-state index contributed by atoms with van der Waals surface area (Å²) >= 11 is 0. The van der Waals surface area contributed by atoms with Crippen LogP contribution in [0.3, 0.4) is 0 Å². The second-order valence-electron chi connectivity index (χ2n) is 4.72. The third kappa shape index (κ3) is 2.18. The Bertz CT molecular complexity index is 356. The topological polar surface area (TPSA) is 0 Å². The van der Waals surface area contributed by atoms with Crippen LogP contribution < -0.4 is 0 Å². The van der Waals surface area contributed by atoms with Crippen molar-refractivity contribution >= 4 is 0 Å². The van der Waals surface area contributed by atoms with E-state index in [1.54, 1.807) is 12.1 Å². The Balaban J connectivity index is 2.34. The summed E-state index contributed by atoms with van der Waals surface area (Å²) in [5.41, 5.74) is 1.44. The minimum atomic E-state index is -0.143. The van der Waals surface area contributed by atoms with E-state index >= 15 is 0 Å². The first kappa shape index (κ1) is 11.4. The smallest absolute Gasteiger partial charge is 0.123 e. The van der Waals surface area contributed by atoms with Crippen LogP contribution >= 0.6 is 0 Å². The maximum atomic E-state index is 12.9. The lowest BCUT2D eigenvalue weighted by molar-refractivity contribution is 0.356. The first-order valence-electron chi connectivity index (χ1n) is 6.17. The summed E-state index contributed by atoms with van der Waals surface area (Å²) in [6, 6.07) is 7.05. The highest BCUT2D eigenvalue weighted by Gasteiger charge is 2.30. The van der Waals surface area contributed by atoms with Crippen molar-refractivity contribution in [1.82, 2.24) is 0 Å². The average molecular weight is 218 g/mol. The minimum Gasteiger partial charge on any atom is -0.207 e. The molecule has 0 saturated heterocycles. The predicted octanol–water partition coefficient (Wildman–Crippen LogP) is 4.60. The Morgan fingerprint density at radius 3 is 2.25 bits per heavy atom. The normalized spacial score (nSPS) is 20.1. The van der Waals surface area contributed by atoms with Crippen molar-refractivity contribution in [2.45, 2.75) is 44.4 Å². The van der Waals surface area contributed by atoms with Crippen molar-refractivity contribution < 1.29 is 4.39 Å². The number of hydrogen-bond acceptors (Lipinski definition) is 0. The Kier molecular flexibility index (Phi) is 3.42. The van der Waals surface area contributed by atoms with E-state index in [4.69, 9.17) is 0 Å².